The minimum absolute atomic E-state index is 0.0906. The van der Waals surface area contributed by atoms with E-state index in [1.165, 1.54) is 4.90 Å². The molecule has 2 aromatic carbocycles. The van der Waals surface area contributed by atoms with Crippen LogP contribution in [0.3, 0.4) is 0 Å². The second-order valence-corrected chi connectivity index (χ2v) is 10.3. The van der Waals surface area contributed by atoms with E-state index in [1.54, 1.807) is 67.0 Å². The summed E-state index contributed by atoms with van der Waals surface area (Å²) in [7, 11) is 0. The molecule has 4 N–H and O–H groups in total. The number of ether oxygens (including phenoxy) is 1. The summed E-state index contributed by atoms with van der Waals surface area (Å²) in [5, 5.41) is 18.2. The highest BCUT2D eigenvalue weighted by Crippen LogP contribution is 2.26. The molecule has 0 saturated carbocycles. The van der Waals surface area contributed by atoms with Crippen LogP contribution in [0.4, 0.5) is 0 Å². The van der Waals surface area contributed by atoms with Gasteiger partial charge in [-0.2, -0.15) is 0 Å². The van der Waals surface area contributed by atoms with Crippen LogP contribution in [0.15, 0.2) is 67.0 Å². The third-order valence-electron chi connectivity index (χ3n) is 5.90. The van der Waals surface area contributed by atoms with Crippen LogP contribution in [-0.4, -0.2) is 67.4 Å². The smallest absolute Gasteiger partial charge is 0.346 e. The number of halogens is 2. The number of carboxylic acids is 2. The molecule has 0 radical (unpaired) electrons. The molecule has 0 bridgehead atoms. The van der Waals surface area contributed by atoms with Crippen molar-refractivity contribution in [3.05, 3.63) is 93.7 Å². The number of likely N-dealkylation sites (tertiary alicyclic amines) is 1. The lowest BCUT2D eigenvalue weighted by atomic mass is 10.1. The quantitative estimate of drug-likeness (QED) is 0.192. The first-order valence-electron chi connectivity index (χ1n) is 12.1. The Bertz CT molecular complexity index is 1420. The van der Waals surface area contributed by atoms with Gasteiger partial charge in [-0.15, -0.1) is 0 Å². The van der Waals surface area contributed by atoms with Gasteiger partial charge in [-0.1, -0.05) is 59.7 Å². The number of pyridine rings is 1. The lowest BCUT2D eigenvalue weighted by Crippen LogP contribution is -2.41. The minimum Gasteiger partial charge on any atom is -0.480 e. The fourth-order valence-electron chi connectivity index (χ4n) is 3.84. The zero-order valence-electron chi connectivity index (χ0n) is 21.4. The highest BCUT2D eigenvalue weighted by molar-refractivity contribution is 7.80. The van der Waals surface area contributed by atoms with Crippen LogP contribution in [0.5, 0.6) is 5.75 Å². The van der Waals surface area contributed by atoms with Gasteiger partial charge in [0.25, 0.3) is 0 Å². The summed E-state index contributed by atoms with van der Waals surface area (Å²) in [5.41, 5.74) is 7.04. The number of amides is 1. The van der Waals surface area contributed by atoms with Crippen molar-refractivity contribution in [2.45, 2.75) is 31.3 Å². The average Bonchev–Trinajstić information content (AvgIpc) is 3.33. The van der Waals surface area contributed by atoms with Crippen molar-refractivity contribution in [2.24, 2.45) is 5.73 Å². The van der Waals surface area contributed by atoms with Crippen molar-refractivity contribution in [1.29, 1.82) is 0 Å². The molecule has 1 aliphatic heterocycles. The molecule has 3 aromatic rings. The highest BCUT2D eigenvalue weighted by atomic mass is 35.5. The largest absolute Gasteiger partial charge is 0.480 e. The van der Waals surface area contributed by atoms with Crippen molar-refractivity contribution in [3.63, 3.8) is 0 Å². The van der Waals surface area contributed by atoms with Gasteiger partial charge in [0.2, 0.25) is 5.91 Å². The Morgan fingerprint density at radius 1 is 1.02 bits per heavy atom. The van der Waals surface area contributed by atoms with Gasteiger partial charge in [0, 0.05) is 23.7 Å². The minimum atomic E-state index is -1.08. The number of carbonyl (C=O) groups excluding carboxylic acids is 2. The number of nitrogens with two attached hydrogens (primary N) is 1. The Balaban J connectivity index is 0.000000232. The van der Waals surface area contributed by atoms with Gasteiger partial charge in [-0.05, 0) is 47.9 Å². The predicted octanol–water partition coefficient (Wildman–Crippen LogP) is 3.85. The Morgan fingerprint density at radius 2 is 1.68 bits per heavy atom. The summed E-state index contributed by atoms with van der Waals surface area (Å²) in [4.78, 5) is 51.8. The number of aliphatic carboxylic acids is 2. The van der Waals surface area contributed by atoms with E-state index in [0.717, 1.165) is 11.1 Å². The van der Waals surface area contributed by atoms with Crippen LogP contribution in [0, 0.1) is 0 Å². The Kier molecular flexibility index (Phi) is 11.3. The van der Waals surface area contributed by atoms with Crippen LogP contribution in [0.25, 0.3) is 0 Å². The second-order valence-electron chi connectivity index (χ2n) is 8.94. The number of benzene rings is 2. The summed E-state index contributed by atoms with van der Waals surface area (Å²) in [6, 6.07) is 12.8. The molecule has 1 fully saturated rings. The van der Waals surface area contributed by atoms with E-state index in [1.807, 2.05) is 0 Å². The molecule has 214 valence electrons. The lowest BCUT2D eigenvalue weighted by molar-refractivity contribution is -0.148. The van der Waals surface area contributed by atoms with Gasteiger partial charge in [-0.3, -0.25) is 14.6 Å². The summed E-state index contributed by atoms with van der Waals surface area (Å²) in [5.74, 6) is -2.69. The van der Waals surface area contributed by atoms with Gasteiger partial charge >= 0.3 is 17.9 Å². The second kappa shape index (κ2) is 14.6. The number of nitrogens with zero attached hydrogens (tertiary/aromatic N) is 2. The van der Waals surface area contributed by atoms with E-state index in [9.17, 15) is 19.2 Å². The lowest BCUT2D eigenvalue weighted by Gasteiger charge is -2.20. The van der Waals surface area contributed by atoms with Crippen LogP contribution in [0.2, 0.25) is 10.0 Å². The van der Waals surface area contributed by atoms with Crippen molar-refractivity contribution in [2.75, 3.05) is 6.54 Å². The van der Waals surface area contributed by atoms with Gasteiger partial charge in [0.15, 0.2) is 0 Å². The van der Waals surface area contributed by atoms with E-state index in [4.69, 9.17) is 56.1 Å². The molecule has 0 spiro atoms. The van der Waals surface area contributed by atoms with E-state index >= 15 is 0 Å². The molecule has 13 heteroatoms. The maximum absolute atomic E-state index is 12.1. The Hall–Kier alpha value is -3.90. The zero-order valence-corrected chi connectivity index (χ0v) is 23.7. The van der Waals surface area contributed by atoms with Crippen LogP contribution < -0.4 is 10.5 Å². The summed E-state index contributed by atoms with van der Waals surface area (Å²) >= 11 is 16.9. The molecule has 1 aliphatic rings. The molecule has 2 atom stereocenters. The predicted molar refractivity (Wildman–Crippen MR) is 155 cm³/mol. The summed E-state index contributed by atoms with van der Waals surface area (Å²) < 4.78 is 5.21. The maximum Gasteiger partial charge on any atom is 0.346 e. The van der Waals surface area contributed by atoms with Gasteiger partial charge in [0.05, 0.1) is 28.6 Å². The van der Waals surface area contributed by atoms with E-state index in [-0.39, 0.29) is 47.3 Å². The van der Waals surface area contributed by atoms with E-state index in [0.29, 0.717) is 10.6 Å². The first kappa shape index (κ1) is 31.6. The number of aromatic nitrogens is 1. The average molecular weight is 618 g/mol. The van der Waals surface area contributed by atoms with Crippen molar-refractivity contribution < 1.29 is 34.1 Å². The monoisotopic (exact) mass is 617 g/mol. The topological polar surface area (TPSA) is 160 Å². The summed E-state index contributed by atoms with van der Waals surface area (Å²) in [6.07, 6.45) is 3.82. The van der Waals surface area contributed by atoms with Crippen LogP contribution in [0.1, 0.15) is 27.9 Å². The van der Waals surface area contributed by atoms with Gasteiger partial charge in [0.1, 0.15) is 17.8 Å². The number of rotatable bonds is 8. The van der Waals surface area contributed by atoms with E-state index in [2.05, 4.69) is 4.98 Å². The molecule has 0 unspecified atom stereocenters. The number of esters is 1. The molecular weight excluding hydrogens is 593 g/mol. The number of thiocarbonyl (C=S) groups is 1. The van der Waals surface area contributed by atoms with Crippen LogP contribution >= 0.6 is 35.4 Å². The number of hydrogen-bond donors (Lipinski definition) is 3. The molecule has 0 aliphatic carbocycles. The molecule has 10 nitrogen and oxygen atoms in total. The number of carboxylic acid groups (broad SMARTS) is 2. The number of carbonyl (C=O) groups is 4. The first-order chi connectivity index (χ1) is 19.5. The molecular formula is C28H25Cl2N3O7S. The fourth-order valence-corrected chi connectivity index (χ4v) is 4.69. The number of hydrogen-bond acceptors (Lipinski definition) is 8. The van der Waals surface area contributed by atoms with Crippen LogP contribution in [-0.2, 0) is 27.2 Å². The first-order valence-corrected chi connectivity index (χ1v) is 13.3. The Morgan fingerprint density at radius 3 is 2.24 bits per heavy atom. The molecule has 1 aromatic heterocycles. The normalized spacial score (nSPS) is 15.0. The van der Waals surface area contributed by atoms with Gasteiger partial charge < -0.3 is 25.6 Å². The van der Waals surface area contributed by atoms with Gasteiger partial charge in [-0.25, -0.2) is 9.59 Å². The van der Waals surface area contributed by atoms with E-state index < -0.39 is 30.0 Å². The maximum atomic E-state index is 12.1. The van der Waals surface area contributed by atoms with Crippen molar-refractivity contribution in [1.82, 2.24) is 9.88 Å². The fraction of sp³-hybridized carbons (Fsp3) is 0.214. The molecule has 1 saturated heterocycles. The standard InChI is InChI=1S/C16H13Cl2NO4.C12H12N2O3S/c17-11-2-1-3-12(18)14(11)16(22)23-10-6-4-9(5-7-10)8-13(19)15(20)21;15-11(4-8-2-1-3-13-6-8)14-7-9(18)5-10(14)12(16)17/h1-7,13H,8,19H2,(H,20,21);1-3,6,10H,4-5,7H2,(H,16,17)/t13-;10-/m00/s1. The third kappa shape index (κ3) is 9.05. The summed E-state index contributed by atoms with van der Waals surface area (Å²) in [6.45, 7) is 0.255. The molecule has 2 heterocycles. The SMILES string of the molecule is N[C@@H](Cc1ccc(OC(=O)c2c(Cl)cccc2Cl)cc1)C(=O)O.O=C(O)[C@@H]1CC(=S)CN1C(=O)Cc1cccnc1. The van der Waals surface area contributed by atoms with Crippen molar-refractivity contribution in [3.8, 4) is 5.75 Å². The molecule has 41 heavy (non-hydrogen) atoms. The molecule has 4 rings (SSSR count). The van der Waals surface area contributed by atoms with Crippen molar-refractivity contribution >= 4 is 64.1 Å². The zero-order chi connectivity index (χ0) is 30.1. The Labute approximate surface area is 250 Å². The third-order valence-corrected chi connectivity index (χ3v) is 6.83. The highest BCUT2D eigenvalue weighted by Gasteiger charge is 2.36. The molecule has 1 amide bonds.